The fourth-order valence-corrected chi connectivity index (χ4v) is 4.57. The lowest BCUT2D eigenvalue weighted by Gasteiger charge is -2.35. The highest BCUT2D eigenvalue weighted by Crippen LogP contribution is 2.34. The van der Waals surface area contributed by atoms with Gasteiger partial charge in [0.1, 0.15) is 5.75 Å². The van der Waals surface area contributed by atoms with Gasteiger partial charge in [0.05, 0.1) is 13.7 Å². The maximum atomic E-state index is 13.2. The third-order valence-corrected chi connectivity index (χ3v) is 6.59. The van der Waals surface area contributed by atoms with Crippen LogP contribution in [0, 0.1) is 0 Å². The highest BCUT2D eigenvalue weighted by atomic mass is 16.5. The Morgan fingerprint density at radius 3 is 2.47 bits per heavy atom. The number of piperazine rings is 1. The van der Waals surface area contributed by atoms with Crippen LogP contribution in [-0.4, -0.2) is 82.5 Å². The van der Waals surface area contributed by atoms with E-state index in [0.717, 1.165) is 54.3 Å². The van der Waals surface area contributed by atoms with E-state index in [-0.39, 0.29) is 18.2 Å². The number of allylic oxidation sites excluding steroid dienone is 1. The van der Waals surface area contributed by atoms with Crippen LogP contribution in [0.4, 0.5) is 11.4 Å². The van der Waals surface area contributed by atoms with E-state index in [9.17, 15) is 9.59 Å². The molecule has 3 aromatic rings. The summed E-state index contributed by atoms with van der Waals surface area (Å²) in [5, 5.41) is 2.86. The van der Waals surface area contributed by atoms with Gasteiger partial charge in [-0.2, -0.15) is 0 Å². The van der Waals surface area contributed by atoms with E-state index in [1.807, 2.05) is 44.4 Å². The molecular weight excluding hydrogens is 476 g/mol. The summed E-state index contributed by atoms with van der Waals surface area (Å²) < 4.78 is 5.59. The van der Waals surface area contributed by atoms with Crippen LogP contribution in [-0.2, 0) is 4.79 Å². The summed E-state index contributed by atoms with van der Waals surface area (Å²) in [6.07, 6.45) is 3.51. The van der Waals surface area contributed by atoms with Crippen molar-refractivity contribution in [2.75, 3.05) is 71.2 Å². The lowest BCUT2D eigenvalue weighted by molar-refractivity contribution is -0.116. The lowest BCUT2D eigenvalue weighted by atomic mass is 9.99. The second-order valence-electron chi connectivity index (χ2n) is 9.83. The van der Waals surface area contributed by atoms with Crippen molar-refractivity contribution in [3.05, 3.63) is 83.9 Å². The van der Waals surface area contributed by atoms with Gasteiger partial charge in [-0.1, -0.05) is 36.4 Å². The predicted octanol–water partition coefficient (Wildman–Crippen LogP) is 4.51. The number of likely N-dealkylation sites (N-methyl/N-ethyl adjacent to an activating group) is 2. The van der Waals surface area contributed by atoms with Gasteiger partial charge in [-0.05, 0) is 74.8 Å². The smallest absolute Gasteiger partial charge is 0.238 e. The van der Waals surface area contributed by atoms with Gasteiger partial charge in [0.15, 0.2) is 5.78 Å². The number of anilines is 2. The first-order valence-corrected chi connectivity index (χ1v) is 12.8. The summed E-state index contributed by atoms with van der Waals surface area (Å²) in [7, 11) is 7.49. The lowest BCUT2D eigenvalue weighted by Crippen LogP contribution is -2.44. The number of benzene rings is 3. The number of carbonyl (C=O) groups is 2. The average Bonchev–Trinajstić information content (AvgIpc) is 2.91. The van der Waals surface area contributed by atoms with E-state index in [2.05, 4.69) is 40.4 Å². The molecule has 1 aliphatic heterocycles. The first-order valence-electron chi connectivity index (χ1n) is 12.8. The number of para-hydroxylation sites is 1. The molecule has 1 N–H and O–H groups in total. The molecule has 0 radical (unpaired) electrons. The van der Waals surface area contributed by atoms with E-state index in [0.29, 0.717) is 11.3 Å². The number of ketones is 1. The van der Waals surface area contributed by atoms with Crippen molar-refractivity contribution in [1.82, 2.24) is 9.80 Å². The number of nitrogens with zero attached hydrogens (tertiary/aromatic N) is 3. The topological polar surface area (TPSA) is 65.1 Å². The first kappa shape index (κ1) is 27.1. The maximum absolute atomic E-state index is 13.2. The minimum Gasteiger partial charge on any atom is -0.496 e. The minimum atomic E-state index is -0.125. The van der Waals surface area contributed by atoms with Crippen molar-refractivity contribution < 1.29 is 14.3 Å². The second-order valence-corrected chi connectivity index (χ2v) is 9.83. The number of hydrogen-bond acceptors (Lipinski definition) is 6. The van der Waals surface area contributed by atoms with E-state index in [1.54, 1.807) is 42.4 Å². The molecule has 38 heavy (non-hydrogen) atoms. The molecule has 7 heteroatoms. The second kappa shape index (κ2) is 12.5. The molecule has 0 atom stereocenters. The Bertz CT molecular complexity index is 1310. The van der Waals surface area contributed by atoms with Crippen LogP contribution in [0.15, 0.2) is 72.8 Å². The molecule has 198 valence electrons. The highest BCUT2D eigenvalue weighted by Gasteiger charge is 2.18. The molecule has 0 aromatic heterocycles. The quantitative estimate of drug-likeness (QED) is 0.336. The minimum absolute atomic E-state index is 0.124. The van der Waals surface area contributed by atoms with E-state index in [4.69, 9.17) is 4.74 Å². The molecule has 0 saturated carbocycles. The zero-order valence-corrected chi connectivity index (χ0v) is 22.6. The number of methoxy groups -OCH3 is 1. The summed E-state index contributed by atoms with van der Waals surface area (Å²) in [4.78, 5) is 31.8. The fraction of sp³-hybridized carbons (Fsp3) is 0.290. The van der Waals surface area contributed by atoms with Gasteiger partial charge in [-0.25, -0.2) is 0 Å². The van der Waals surface area contributed by atoms with Gasteiger partial charge in [0, 0.05) is 48.7 Å². The molecule has 1 aliphatic rings. The van der Waals surface area contributed by atoms with Gasteiger partial charge in [0.2, 0.25) is 5.91 Å². The van der Waals surface area contributed by atoms with Gasteiger partial charge in [-0.15, -0.1) is 0 Å². The normalized spacial score (nSPS) is 14.2. The molecule has 1 fully saturated rings. The van der Waals surface area contributed by atoms with Crippen molar-refractivity contribution in [2.45, 2.75) is 0 Å². The van der Waals surface area contributed by atoms with Gasteiger partial charge < -0.3 is 24.8 Å². The Hall–Kier alpha value is -3.94. The Kier molecular flexibility index (Phi) is 8.94. The SMILES string of the molecule is COc1ccccc1-c1ccc(N2CCN(C)CC2)c(C=CC(=O)c2cccc(NC(=O)CN(C)C)c2)c1. The van der Waals surface area contributed by atoms with Crippen molar-refractivity contribution >= 4 is 29.1 Å². The Balaban J connectivity index is 1.63. The van der Waals surface area contributed by atoms with Crippen molar-refractivity contribution in [3.8, 4) is 16.9 Å². The molecule has 0 spiro atoms. The van der Waals surface area contributed by atoms with Crippen LogP contribution in [0.3, 0.4) is 0 Å². The Morgan fingerprint density at radius 2 is 1.74 bits per heavy atom. The largest absolute Gasteiger partial charge is 0.496 e. The Labute approximate surface area is 225 Å². The van der Waals surface area contributed by atoms with Crippen molar-refractivity contribution in [2.24, 2.45) is 0 Å². The number of hydrogen-bond donors (Lipinski definition) is 1. The summed E-state index contributed by atoms with van der Waals surface area (Å²) in [6.45, 7) is 4.10. The summed E-state index contributed by atoms with van der Waals surface area (Å²) in [6, 6.07) is 21.4. The van der Waals surface area contributed by atoms with Gasteiger partial charge >= 0.3 is 0 Å². The van der Waals surface area contributed by atoms with Crippen LogP contribution in [0.5, 0.6) is 5.75 Å². The molecule has 3 aromatic carbocycles. The molecule has 0 aliphatic carbocycles. The van der Waals surface area contributed by atoms with Crippen LogP contribution in [0.25, 0.3) is 17.2 Å². The Morgan fingerprint density at radius 1 is 0.974 bits per heavy atom. The van der Waals surface area contributed by atoms with Gasteiger partial charge in [0.25, 0.3) is 0 Å². The van der Waals surface area contributed by atoms with Crippen molar-refractivity contribution in [1.29, 1.82) is 0 Å². The van der Waals surface area contributed by atoms with Crippen LogP contribution in [0.2, 0.25) is 0 Å². The molecule has 1 amide bonds. The number of ether oxygens (including phenoxy) is 1. The molecule has 0 unspecified atom stereocenters. The zero-order valence-electron chi connectivity index (χ0n) is 22.6. The summed E-state index contributed by atoms with van der Waals surface area (Å²) in [5.74, 6) is 0.555. The fourth-order valence-electron chi connectivity index (χ4n) is 4.57. The average molecular weight is 513 g/mol. The standard InChI is InChI=1S/C31H36N4O3/c1-33(2)22-31(37)32-26-9-7-8-25(21-26)29(36)15-13-24-20-23(27-10-5-6-11-30(27)38-4)12-14-28(24)35-18-16-34(3)17-19-35/h5-15,20-21H,16-19,22H2,1-4H3,(H,32,37). The number of amides is 1. The molecule has 1 heterocycles. The van der Waals surface area contributed by atoms with E-state index in [1.165, 1.54) is 0 Å². The van der Waals surface area contributed by atoms with E-state index >= 15 is 0 Å². The van der Waals surface area contributed by atoms with E-state index < -0.39 is 0 Å². The monoisotopic (exact) mass is 512 g/mol. The predicted molar refractivity (Wildman–Crippen MR) is 155 cm³/mol. The third-order valence-electron chi connectivity index (χ3n) is 6.59. The van der Waals surface area contributed by atoms with Crippen LogP contribution in [0.1, 0.15) is 15.9 Å². The molecular formula is C31H36N4O3. The molecule has 0 bridgehead atoms. The van der Waals surface area contributed by atoms with Crippen LogP contribution >= 0.6 is 0 Å². The van der Waals surface area contributed by atoms with Gasteiger partial charge in [-0.3, -0.25) is 9.59 Å². The number of nitrogens with one attached hydrogen (secondary N) is 1. The number of rotatable bonds is 9. The van der Waals surface area contributed by atoms with Crippen LogP contribution < -0.4 is 15.0 Å². The molecule has 4 rings (SSSR count). The highest BCUT2D eigenvalue weighted by molar-refractivity contribution is 6.08. The summed E-state index contributed by atoms with van der Waals surface area (Å²) in [5.41, 5.74) is 5.23. The maximum Gasteiger partial charge on any atom is 0.238 e. The molecule has 1 saturated heterocycles. The third kappa shape index (κ3) is 6.88. The zero-order chi connectivity index (χ0) is 27.1. The first-order chi connectivity index (χ1) is 18.3. The molecule has 7 nitrogen and oxygen atoms in total. The number of carbonyl (C=O) groups excluding carboxylic acids is 2. The summed E-state index contributed by atoms with van der Waals surface area (Å²) >= 11 is 0. The van der Waals surface area contributed by atoms with Crippen molar-refractivity contribution in [3.63, 3.8) is 0 Å².